The molecule has 0 N–H and O–H groups in total. The molecule has 9 nitrogen and oxygen atoms in total. The van der Waals surface area contributed by atoms with Crippen LogP contribution in [0.2, 0.25) is 5.02 Å². The van der Waals surface area contributed by atoms with Gasteiger partial charge in [0.1, 0.15) is 0 Å². The molecule has 0 bridgehead atoms. The number of ether oxygens (including phenoxy) is 1. The van der Waals surface area contributed by atoms with Gasteiger partial charge in [-0.05, 0) is 28.1 Å². The lowest BCUT2D eigenvalue weighted by molar-refractivity contribution is -0.133. The lowest BCUT2D eigenvalue weighted by Gasteiger charge is -2.34. The van der Waals surface area contributed by atoms with E-state index < -0.39 is 0 Å². The molecule has 0 unspecified atom stereocenters. The second-order valence-corrected chi connectivity index (χ2v) is 8.18. The van der Waals surface area contributed by atoms with Crippen molar-refractivity contribution in [3.05, 3.63) is 40.7 Å². The summed E-state index contributed by atoms with van der Waals surface area (Å²) in [6.07, 6.45) is 0.412. The Morgan fingerprint density at radius 1 is 1.03 bits per heavy atom. The lowest BCUT2D eigenvalue weighted by atomic mass is 10.2. The highest BCUT2D eigenvalue weighted by atomic mass is 35.5. The number of benzene rings is 1. The Hall–Kier alpha value is -2.07. The maximum absolute atomic E-state index is 12.7. The van der Waals surface area contributed by atoms with Gasteiger partial charge in [0.05, 0.1) is 26.3 Å². The van der Waals surface area contributed by atoms with E-state index in [1.54, 1.807) is 4.68 Å². The van der Waals surface area contributed by atoms with Crippen LogP contribution in [0.3, 0.4) is 0 Å². The van der Waals surface area contributed by atoms with Crippen molar-refractivity contribution >= 4 is 17.5 Å². The fourth-order valence-corrected chi connectivity index (χ4v) is 4.09. The van der Waals surface area contributed by atoms with Crippen molar-refractivity contribution in [1.82, 2.24) is 34.9 Å². The van der Waals surface area contributed by atoms with Crippen molar-refractivity contribution in [2.45, 2.75) is 26.1 Å². The number of aromatic nitrogens is 4. The molecule has 0 saturated carbocycles. The van der Waals surface area contributed by atoms with Crippen molar-refractivity contribution in [2.75, 3.05) is 52.5 Å². The summed E-state index contributed by atoms with van der Waals surface area (Å²) in [4.78, 5) is 19.3. The molecule has 4 rings (SSSR count). The van der Waals surface area contributed by atoms with Gasteiger partial charge in [-0.15, -0.1) is 5.10 Å². The van der Waals surface area contributed by atoms with Crippen LogP contribution in [-0.2, 0) is 29.2 Å². The molecule has 0 spiro atoms. The zero-order chi connectivity index (χ0) is 20.8. The van der Waals surface area contributed by atoms with Gasteiger partial charge in [0, 0.05) is 57.3 Å². The van der Waals surface area contributed by atoms with E-state index in [1.807, 2.05) is 23.1 Å². The number of piperazine rings is 1. The number of hydrogen-bond donors (Lipinski definition) is 0. The van der Waals surface area contributed by atoms with E-state index in [2.05, 4.69) is 31.4 Å². The Kier molecular flexibility index (Phi) is 7.27. The molecule has 162 valence electrons. The fourth-order valence-electron chi connectivity index (χ4n) is 3.88. The molecule has 2 aliphatic rings. The van der Waals surface area contributed by atoms with E-state index in [1.165, 1.54) is 5.56 Å². The van der Waals surface area contributed by atoms with E-state index in [-0.39, 0.29) is 5.91 Å². The van der Waals surface area contributed by atoms with E-state index in [4.69, 9.17) is 16.3 Å². The summed E-state index contributed by atoms with van der Waals surface area (Å²) in [5, 5.41) is 12.8. The summed E-state index contributed by atoms with van der Waals surface area (Å²) in [6.45, 7) is 8.52. The van der Waals surface area contributed by atoms with Crippen LogP contribution in [-0.4, -0.2) is 93.3 Å². The molecule has 0 aliphatic carbocycles. The number of hydrogen-bond acceptors (Lipinski definition) is 7. The van der Waals surface area contributed by atoms with Crippen LogP contribution < -0.4 is 0 Å². The molecule has 0 atom stereocenters. The summed E-state index contributed by atoms with van der Waals surface area (Å²) in [5.74, 6) is 0.960. The minimum Gasteiger partial charge on any atom is -0.379 e. The predicted octanol–water partition coefficient (Wildman–Crippen LogP) is 0.893. The first kappa shape index (κ1) is 21.2. The quantitative estimate of drug-likeness (QED) is 0.641. The van der Waals surface area contributed by atoms with Crippen LogP contribution in [0.5, 0.6) is 0 Å². The minimum atomic E-state index is 0.158. The first-order valence-corrected chi connectivity index (χ1v) is 10.8. The average molecular weight is 434 g/mol. The van der Waals surface area contributed by atoms with Crippen LogP contribution >= 0.6 is 11.6 Å². The van der Waals surface area contributed by atoms with Gasteiger partial charge in [-0.2, -0.15) is 0 Å². The molecular formula is C20H28ClN7O2. The Bertz CT molecular complexity index is 832. The topological polar surface area (TPSA) is 79.6 Å². The Morgan fingerprint density at radius 3 is 2.57 bits per heavy atom. The Labute approximate surface area is 181 Å². The Balaban J connectivity index is 1.21. The summed E-state index contributed by atoms with van der Waals surface area (Å²) < 4.78 is 7.13. The van der Waals surface area contributed by atoms with Crippen LogP contribution in [0.1, 0.15) is 17.8 Å². The van der Waals surface area contributed by atoms with E-state index in [0.29, 0.717) is 19.5 Å². The fraction of sp³-hybridized carbons (Fsp3) is 0.600. The van der Waals surface area contributed by atoms with E-state index >= 15 is 0 Å². The number of aryl methyl sites for hydroxylation is 1. The number of carbonyl (C=O) groups excluding carboxylic acids is 1. The lowest BCUT2D eigenvalue weighted by Crippen LogP contribution is -2.48. The first-order valence-electron chi connectivity index (χ1n) is 10.5. The molecule has 0 radical (unpaired) electrons. The Morgan fingerprint density at radius 2 is 1.80 bits per heavy atom. The molecule has 2 aromatic rings. The summed E-state index contributed by atoms with van der Waals surface area (Å²) in [6, 6.07) is 7.95. The normalized spacial score (nSPS) is 18.6. The maximum Gasteiger partial charge on any atom is 0.224 e. The highest BCUT2D eigenvalue weighted by molar-refractivity contribution is 6.30. The zero-order valence-corrected chi connectivity index (χ0v) is 17.9. The van der Waals surface area contributed by atoms with Gasteiger partial charge >= 0.3 is 0 Å². The number of halogens is 1. The van der Waals surface area contributed by atoms with Crippen molar-refractivity contribution in [3.63, 3.8) is 0 Å². The molecular weight excluding hydrogens is 406 g/mol. The SMILES string of the molecule is O=C(CCn1nnnc1CN1CCOCC1)N1CCN(Cc2cccc(Cl)c2)CC1. The average Bonchev–Trinajstić information content (AvgIpc) is 3.20. The molecule has 2 fully saturated rings. The van der Waals surface area contributed by atoms with Crippen molar-refractivity contribution in [2.24, 2.45) is 0 Å². The number of amides is 1. The maximum atomic E-state index is 12.7. The first-order chi connectivity index (χ1) is 14.7. The third-order valence-corrected chi connectivity index (χ3v) is 5.87. The number of tetrazole rings is 1. The molecule has 10 heteroatoms. The van der Waals surface area contributed by atoms with Gasteiger partial charge in [-0.3, -0.25) is 14.6 Å². The second-order valence-electron chi connectivity index (χ2n) is 7.74. The summed E-state index contributed by atoms with van der Waals surface area (Å²) in [7, 11) is 0. The van der Waals surface area contributed by atoms with Gasteiger partial charge in [0.15, 0.2) is 5.82 Å². The van der Waals surface area contributed by atoms with Gasteiger partial charge in [0.25, 0.3) is 0 Å². The highest BCUT2D eigenvalue weighted by Crippen LogP contribution is 2.14. The molecule has 1 amide bonds. The van der Waals surface area contributed by atoms with Crippen molar-refractivity contribution in [3.8, 4) is 0 Å². The third kappa shape index (κ3) is 5.75. The van der Waals surface area contributed by atoms with Gasteiger partial charge < -0.3 is 9.64 Å². The predicted molar refractivity (Wildman–Crippen MR) is 112 cm³/mol. The van der Waals surface area contributed by atoms with Crippen LogP contribution in [0, 0.1) is 0 Å². The van der Waals surface area contributed by atoms with E-state index in [9.17, 15) is 4.79 Å². The highest BCUT2D eigenvalue weighted by Gasteiger charge is 2.22. The van der Waals surface area contributed by atoms with Crippen LogP contribution in [0.4, 0.5) is 0 Å². The molecule has 1 aromatic heterocycles. The summed E-state index contributed by atoms with van der Waals surface area (Å²) in [5.41, 5.74) is 1.20. The van der Waals surface area contributed by atoms with Crippen molar-refractivity contribution in [1.29, 1.82) is 0 Å². The largest absolute Gasteiger partial charge is 0.379 e. The monoisotopic (exact) mass is 433 g/mol. The van der Waals surface area contributed by atoms with Gasteiger partial charge in [0.2, 0.25) is 5.91 Å². The van der Waals surface area contributed by atoms with Gasteiger partial charge in [-0.1, -0.05) is 23.7 Å². The minimum absolute atomic E-state index is 0.158. The van der Waals surface area contributed by atoms with E-state index in [0.717, 1.165) is 69.9 Å². The number of nitrogens with zero attached hydrogens (tertiary/aromatic N) is 7. The van der Waals surface area contributed by atoms with Gasteiger partial charge in [-0.25, -0.2) is 4.68 Å². The van der Waals surface area contributed by atoms with Crippen molar-refractivity contribution < 1.29 is 9.53 Å². The second kappa shape index (κ2) is 10.3. The summed E-state index contributed by atoms with van der Waals surface area (Å²) >= 11 is 6.07. The van der Waals surface area contributed by atoms with Crippen LogP contribution in [0.15, 0.2) is 24.3 Å². The van der Waals surface area contributed by atoms with Crippen LogP contribution in [0.25, 0.3) is 0 Å². The molecule has 30 heavy (non-hydrogen) atoms. The standard InChI is InChI=1S/C20H28ClN7O2/c21-18-3-1-2-17(14-18)15-25-6-8-27(9-7-25)20(29)4-5-28-19(22-23-24-28)16-26-10-12-30-13-11-26/h1-3,14H,4-13,15-16H2. The molecule has 2 saturated heterocycles. The third-order valence-electron chi connectivity index (χ3n) is 5.63. The number of rotatable bonds is 7. The number of carbonyl (C=O) groups is 1. The molecule has 1 aromatic carbocycles. The zero-order valence-electron chi connectivity index (χ0n) is 17.1. The molecule has 2 aliphatic heterocycles. The number of morpholine rings is 1. The molecule has 3 heterocycles. The smallest absolute Gasteiger partial charge is 0.224 e.